The summed E-state index contributed by atoms with van der Waals surface area (Å²) < 4.78 is 18.5. The maximum Gasteiger partial charge on any atom is 0.227 e. The zero-order chi connectivity index (χ0) is 16.2. The van der Waals surface area contributed by atoms with Crippen molar-refractivity contribution in [3.8, 4) is 0 Å². The van der Waals surface area contributed by atoms with Crippen LogP contribution in [0, 0.1) is 5.82 Å². The number of ether oxygens (including phenoxy) is 1. The third-order valence-electron chi connectivity index (χ3n) is 4.63. The molecule has 1 aromatic rings. The Balaban J connectivity index is 1.61. The molecular weight excluding hydrogens is 319 g/mol. The van der Waals surface area contributed by atoms with Crippen molar-refractivity contribution in [2.24, 2.45) is 0 Å². The summed E-state index contributed by atoms with van der Waals surface area (Å²) in [6, 6.07) is 4.48. The molecule has 1 aromatic carbocycles. The molecule has 3 rings (SSSR count). The van der Waals surface area contributed by atoms with E-state index in [9.17, 15) is 9.18 Å². The fourth-order valence-corrected chi connectivity index (χ4v) is 3.60. The van der Waals surface area contributed by atoms with E-state index < -0.39 is 0 Å². The van der Waals surface area contributed by atoms with Crippen molar-refractivity contribution in [3.63, 3.8) is 0 Å². The maximum atomic E-state index is 13.1. The van der Waals surface area contributed by atoms with Crippen LogP contribution in [0.1, 0.15) is 18.4 Å². The molecule has 2 aliphatic rings. The predicted molar refractivity (Wildman–Crippen MR) is 87.1 cm³/mol. The number of hydrogen-bond acceptors (Lipinski definition) is 3. The Morgan fingerprint density at radius 3 is 2.83 bits per heavy atom. The van der Waals surface area contributed by atoms with Crippen LogP contribution in [0.3, 0.4) is 0 Å². The molecule has 0 aromatic heterocycles. The highest BCUT2D eigenvalue weighted by Gasteiger charge is 2.30. The van der Waals surface area contributed by atoms with Gasteiger partial charge in [-0.1, -0.05) is 17.7 Å². The minimum Gasteiger partial charge on any atom is -0.379 e. The van der Waals surface area contributed by atoms with E-state index >= 15 is 0 Å². The zero-order valence-corrected chi connectivity index (χ0v) is 13.9. The molecule has 2 heterocycles. The van der Waals surface area contributed by atoms with Gasteiger partial charge >= 0.3 is 0 Å². The topological polar surface area (TPSA) is 32.8 Å². The summed E-state index contributed by atoms with van der Waals surface area (Å²) in [4.78, 5) is 17.0. The average Bonchev–Trinajstić information content (AvgIpc) is 2.99. The largest absolute Gasteiger partial charge is 0.379 e. The molecule has 2 aliphatic heterocycles. The van der Waals surface area contributed by atoms with Crippen molar-refractivity contribution < 1.29 is 13.9 Å². The lowest BCUT2D eigenvalue weighted by Gasteiger charge is -2.33. The van der Waals surface area contributed by atoms with Gasteiger partial charge in [0.05, 0.1) is 19.6 Å². The van der Waals surface area contributed by atoms with E-state index in [4.69, 9.17) is 16.3 Å². The number of rotatable bonds is 4. The monoisotopic (exact) mass is 340 g/mol. The van der Waals surface area contributed by atoms with E-state index in [1.807, 2.05) is 4.90 Å². The van der Waals surface area contributed by atoms with Crippen LogP contribution in [0.4, 0.5) is 4.39 Å². The molecule has 0 radical (unpaired) electrons. The SMILES string of the molecule is O=C(Cc1ccc(F)cc1Cl)N1CCC[C@@H]1CN1CCOCC1. The Hall–Kier alpha value is -1.17. The maximum absolute atomic E-state index is 13.1. The fourth-order valence-electron chi connectivity index (χ4n) is 3.37. The van der Waals surface area contributed by atoms with Crippen LogP contribution >= 0.6 is 11.6 Å². The zero-order valence-electron chi connectivity index (χ0n) is 13.1. The molecule has 23 heavy (non-hydrogen) atoms. The van der Waals surface area contributed by atoms with Gasteiger partial charge in [-0.3, -0.25) is 9.69 Å². The van der Waals surface area contributed by atoms with Gasteiger partial charge in [-0.05, 0) is 30.5 Å². The first-order valence-corrected chi connectivity index (χ1v) is 8.55. The Kier molecular flexibility index (Phi) is 5.51. The van der Waals surface area contributed by atoms with Gasteiger partial charge in [-0.15, -0.1) is 0 Å². The third kappa shape index (κ3) is 4.22. The van der Waals surface area contributed by atoms with E-state index in [-0.39, 0.29) is 24.2 Å². The minimum atomic E-state index is -0.377. The third-order valence-corrected chi connectivity index (χ3v) is 4.98. The standard InChI is InChI=1S/C17H22ClFN2O2/c18-16-11-14(19)4-3-13(16)10-17(22)21-5-1-2-15(21)12-20-6-8-23-9-7-20/h3-4,11,15H,1-2,5-10,12H2/t15-/m1/s1. The van der Waals surface area contributed by atoms with Crippen molar-refractivity contribution in [1.29, 1.82) is 0 Å². The highest BCUT2D eigenvalue weighted by molar-refractivity contribution is 6.31. The summed E-state index contributed by atoms with van der Waals surface area (Å²) in [5, 5.41) is 0.322. The molecule has 2 fully saturated rings. The van der Waals surface area contributed by atoms with Gasteiger partial charge in [0.15, 0.2) is 0 Å². The first-order chi connectivity index (χ1) is 11.1. The van der Waals surface area contributed by atoms with E-state index in [1.165, 1.54) is 12.1 Å². The van der Waals surface area contributed by atoms with Crippen molar-refractivity contribution in [2.75, 3.05) is 39.4 Å². The number of morpholine rings is 1. The molecule has 0 bridgehead atoms. The van der Waals surface area contributed by atoms with Gasteiger partial charge in [-0.2, -0.15) is 0 Å². The summed E-state index contributed by atoms with van der Waals surface area (Å²) in [6.07, 6.45) is 2.32. The Morgan fingerprint density at radius 2 is 2.09 bits per heavy atom. The Bertz CT molecular complexity index is 564. The number of hydrogen-bond donors (Lipinski definition) is 0. The van der Waals surface area contributed by atoms with Gasteiger partial charge in [-0.25, -0.2) is 4.39 Å². The van der Waals surface area contributed by atoms with Gasteiger partial charge in [0, 0.05) is 37.2 Å². The summed E-state index contributed by atoms with van der Waals surface area (Å²) in [6.45, 7) is 5.11. The molecule has 2 saturated heterocycles. The molecule has 0 aliphatic carbocycles. The van der Waals surface area contributed by atoms with Gasteiger partial charge in [0.1, 0.15) is 5.82 Å². The van der Waals surface area contributed by atoms with Crippen LogP contribution in [-0.4, -0.2) is 61.1 Å². The number of halogens is 2. The van der Waals surface area contributed by atoms with Crippen LogP contribution in [-0.2, 0) is 16.0 Å². The number of carbonyl (C=O) groups excluding carboxylic acids is 1. The van der Waals surface area contributed by atoms with Gasteiger partial charge in [0.25, 0.3) is 0 Å². The lowest BCUT2D eigenvalue weighted by Crippen LogP contribution is -2.47. The summed E-state index contributed by atoms with van der Waals surface area (Å²) in [7, 11) is 0. The van der Waals surface area contributed by atoms with E-state index in [1.54, 1.807) is 6.07 Å². The second kappa shape index (κ2) is 7.60. The smallest absolute Gasteiger partial charge is 0.227 e. The van der Waals surface area contributed by atoms with Crippen LogP contribution in [0.25, 0.3) is 0 Å². The molecule has 6 heteroatoms. The van der Waals surface area contributed by atoms with Crippen LogP contribution < -0.4 is 0 Å². The number of amides is 1. The second-order valence-electron chi connectivity index (χ2n) is 6.21. The molecule has 1 atom stereocenters. The number of likely N-dealkylation sites (tertiary alicyclic amines) is 1. The lowest BCUT2D eigenvalue weighted by atomic mass is 10.1. The molecule has 0 unspecified atom stereocenters. The molecular formula is C17H22ClFN2O2. The molecule has 0 saturated carbocycles. The Morgan fingerprint density at radius 1 is 1.30 bits per heavy atom. The first-order valence-electron chi connectivity index (χ1n) is 8.17. The quantitative estimate of drug-likeness (QED) is 0.843. The fraction of sp³-hybridized carbons (Fsp3) is 0.588. The summed E-state index contributed by atoms with van der Waals surface area (Å²) >= 11 is 6.04. The minimum absolute atomic E-state index is 0.0780. The van der Waals surface area contributed by atoms with Crippen LogP contribution in [0.5, 0.6) is 0 Å². The number of nitrogens with zero attached hydrogens (tertiary/aromatic N) is 2. The van der Waals surface area contributed by atoms with Crippen molar-refractivity contribution in [2.45, 2.75) is 25.3 Å². The summed E-state index contributed by atoms with van der Waals surface area (Å²) in [5.74, 6) is -0.299. The molecule has 1 amide bonds. The lowest BCUT2D eigenvalue weighted by molar-refractivity contribution is -0.131. The predicted octanol–water partition coefficient (Wildman–Crippen LogP) is 2.34. The van der Waals surface area contributed by atoms with Gasteiger partial charge in [0.2, 0.25) is 5.91 Å². The van der Waals surface area contributed by atoms with E-state index in [0.717, 1.165) is 52.2 Å². The average molecular weight is 341 g/mol. The highest BCUT2D eigenvalue weighted by atomic mass is 35.5. The normalized spacial score (nSPS) is 22.5. The number of benzene rings is 1. The second-order valence-corrected chi connectivity index (χ2v) is 6.62. The van der Waals surface area contributed by atoms with Crippen LogP contribution in [0.2, 0.25) is 5.02 Å². The van der Waals surface area contributed by atoms with E-state index in [2.05, 4.69) is 4.90 Å². The summed E-state index contributed by atoms with van der Waals surface area (Å²) in [5.41, 5.74) is 0.690. The molecule has 126 valence electrons. The van der Waals surface area contributed by atoms with E-state index in [0.29, 0.717) is 10.6 Å². The first kappa shape index (κ1) is 16.7. The highest BCUT2D eigenvalue weighted by Crippen LogP contribution is 2.23. The van der Waals surface area contributed by atoms with Crippen molar-refractivity contribution in [3.05, 3.63) is 34.6 Å². The molecule has 0 spiro atoms. The van der Waals surface area contributed by atoms with Gasteiger partial charge < -0.3 is 9.64 Å². The van der Waals surface area contributed by atoms with Crippen molar-refractivity contribution >= 4 is 17.5 Å². The molecule has 0 N–H and O–H groups in total. The molecule has 4 nitrogen and oxygen atoms in total. The Labute approximate surface area is 141 Å². The number of carbonyl (C=O) groups is 1. The van der Waals surface area contributed by atoms with Crippen LogP contribution in [0.15, 0.2) is 18.2 Å². The van der Waals surface area contributed by atoms with Crippen molar-refractivity contribution in [1.82, 2.24) is 9.80 Å².